The number of carbonyl (C=O) groups is 1. The molecule has 5 nitrogen and oxygen atoms in total. The molecular formula is C34H51BrN2O3S. The van der Waals surface area contributed by atoms with E-state index in [9.17, 15) is 4.79 Å². The minimum atomic E-state index is -0.0460. The maximum Gasteiger partial charge on any atom is 0.228 e. The number of allylic oxidation sites excluding steroid dienone is 1. The topological polar surface area (TPSA) is 50.8 Å². The Kier molecular flexibility index (Phi) is 17.7. The molecule has 0 saturated carbocycles. The van der Waals surface area contributed by atoms with Crippen LogP contribution in [0.25, 0.3) is 0 Å². The van der Waals surface area contributed by atoms with Gasteiger partial charge in [-0.15, -0.1) is 28.7 Å². The van der Waals surface area contributed by atoms with Crippen LogP contribution in [0.1, 0.15) is 102 Å². The van der Waals surface area contributed by atoms with Crippen molar-refractivity contribution in [1.82, 2.24) is 4.90 Å². The molecule has 0 aliphatic carbocycles. The van der Waals surface area contributed by atoms with Crippen molar-refractivity contribution in [1.29, 1.82) is 0 Å². The van der Waals surface area contributed by atoms with Gasteiger partial charge in [-0.2, -0.15) is 0 Å². The molecule has 0 atom stereocenters. The SMILES string of the molecule is Br.CCCCCCCCCCCCCCOc1cc(OC)ccc1CC(=O)Nc1ccccc1CN1C=C(C)SC1. The molecular weight excluding hydrogens is 596 g/mol. The van der Waals surface area contributed by atoms with Crippen LogP contribution in [0, 0.1) is 0 Å². The van der Waals surface area contributed by atoms with Gasteiger partial charge in [-0.25, -0.2) is 0 Å². The van der Waals surface area contributed by atoms with Crippen LogP contribution in [0.4, 0.5) is 5.69 Å². The number of halogens is 1. The highest BCUT2D eigenvalue weighted by molar-refractivity contribution is 8.93. The van der Waals surface area contributed by atoms with Gasteiger partial charge in [0.1, 0.15) is 11.5 Å². The van der Waals surface area contributed by atoms with E-state index in [1.54, 1.807) is 7.11 Å². The number of nitrogens with zero attached hydrogens (tertiary/aromatic N) is 1. The highest BCUT2D eigenvalue weighted by Gasteiger charge is 2.15. The molecule has 2 aromatic carbocycles. The van der Waals surface area contributed by atoms with Crippen LogP contribution in [0.15, 0.2) is 53.6 Å². The van der Waals surface area contributed by atoms with Gasteiger partial charge >= 0.3 is 0 Å². The van der Waals surface area contributed by atoms with Crippen LogP contribution in [0.5, 0.6) is 11.5 Å². The third kappa shape index (κ3) is 13.6. The predicted molar refractivity (Wildman–Crippen MR) is 180 cm³/mol. The number of unbranched alkanes of at least 4 members (excludes halogenated alkanes) is 11. The molecule has 0 aromatic heterocycles. The summed E-state index contributed by atoms with van der Waals surface area (Å²) in [6, 6.07) is 13.8. The average Bonchev–Trinajstić information content (AvgIpc) is 3.37. The molecule has 1 aliphatic rings. The molecule has 228 valence electrons. The van der Waals surface area contributed by atoms with Crippen molar-refractivity contribution in [2.75, 3.05) is 24.9 Å². The molecule has 0 unspecified atom stereocenters. The van der Waals surface area contributed by atoms with Crippen molar-refractivity contribution in [2.45, 2.75) is 104 Å². The smallest absolute Gasteiger partial charge is 0.228 e. The highest BCUT2D eigenvalue weighted by Crippen LogP contribution is 2.29. The Morgan fingerprint density at radius 1 is 0.902 bits per heavy atom. The number of hydrogen-bond acceptors (Lipinski definition) is 5. The Hall–Kier alpha value is -2.12. The van der Waals surface area contributed by atoms with Gasteiger partial charge in [0.05, 0.1) is 26.0 Å². The fourth-order valence-electron chi connectivity index (χ4n) is 5.04. The zero-order chi connectivity index (χ0) is 28.4. The molecule has 0 saturated heterocycles. The number of nitrogens with one attached hydrogen (secondary N) is 1. The number of methoxy groups -OCH3 is 1. The second-order valence-electron chi connectivity index (χ2n) is 10.9. The predicted octanol–water partition coefficient (Wildman–Crippen LogP) is 9.90. The normalized spacial score (nSPS) is 12.6. The average molecular weight is 648 g/mol. The van der Waals surface area contributed by atoms with Gasteiger partial charge in [-0.05, 0) is 35.9 Å². The lowest BCUT2D eigenvalue weighted by atomic mass is 10.1. The molecule has 1 aliphatic heterocycles. The Labute approximate surface area is 263 Å². The van der Waals surface area contributed by atoms with Gasteiger partial charge in [-0.3, -0.25) is 4.79 Å². The monoisotopic (exact) mass is 646 g/mol. The van der Waals surface area contributed by atoms with Crippen LogP contribution in [0.3, 0.4) is 0 Å². The van der Waals surface area contributed by atoms with Gasteiger partial charge in [-0.1, -0.05) is 102 Å². The van der Waals surface area contributed by atoms with Crippen LogP contribution in [-0.4, -0.2) is 30.4 Å². The lowest BCUT2D eigenvalue weighted by Gasteiger charge is -2.18. The fourth-order valence-corrected chi connectivity index (χ4v) is 5.80. The Morgan fingerprint density at radius 2 is 1.56 bits per heavy atom. The molecule has 3 rings (SSSR count). The van der Waals surface area contributed by atoms with Gasteiger partial charge in [0.15, 0.2) is 0 Å². The van der Waals surface area contributed by atoms with Crippen molar-refractivity contribution in [3.05, 3.63) is 64.7 Å². The van der Waals surface area contributed by atoms with Crippen molar-refractivity contribution >= 4 is 40.3 Å². The zero-order valence-electron chi connectivity index (χ0n) is 25.4. The largest absolute Gasteiger partial charge is 0.497 e. The summed E-state index contributed by atoms with van der Waals surface area (Å²) < 4.78 is 11.6. The summed E-state index contributed by atoms with van der Waals surface area (Å²) in [6.07, 6.45) is 18.2. The number of rotatable bonds is 20. The second-order valence-corrected chi connectivity index (χ2v) is 12.0. The molecule has 1 heterocycles. The lowest BCUT2D eigenvalue weighted by Crippen LogP contribution is -2.19. The summed E-state index contributed by atoms with van der Waals surface area (Å²) in [5.41, 5.74) is 2.85. The minimum Gasteiger partial charge on any atom is -0.497 e. The molecule has 1 amide bonds. The summed E-state index contributed by atoms with van der Waals surface area (Å²) >= 11 is 1.84. The minimum absolute atomic E-state index is 0. The summed E-state index contributed by atoms with van der Waals surface area (Å²) in [5, 5.41) is 3.14. The van der Waals surface area contributed by atoms with Crippen molar-refractivity contribution < 1.29 is 14.3 Å². The van der Waals surface area contributed by atoms with Crippen LogP contribution < -0.4 is 14.8 Å². The molecule has 0 spiro atoms. The number of thioether (sulfide) groups is 1. The van der Waals surface area contributed by atoms with Crippen molar-refractivity contribution in [2.24, 2.45) is 0 Å². The number of benzene rings is 2. The number of carbonyl (C=O) groups excluding carboxylic acids is 1. The van der Waals surface area contributed by atoms with E-state index >= 15 is 0 Å². The van der Waals surface area contributed by atoms with E-state index in [4.69, 9.17) is 9.47 Å². The van der Waals surface area contributed by atoms with E-state index in [0.29, 0.717) is 6.61 Å². The first-order chi connectivity index (χ1) is 19.6. The molecule has 1 N–H and O–H groups in total. The Morgan fingerprint density at radius 3 is 2.20 bits per heavy atom. The quantitative estimate of drug-likeness (QED) is 0.145. The molecule has 0 bridgehead atoms. The first-order valence-electron chi connectivity index (χ1n) is 15.3. The standard InChI is InChI=1S/C34H50N2O3S.BrH/c1-4-5-6-7-8-9-10-11-12-13-14-17-22-39-33-24-31(38-3)21-20-29(33)23-34(37)35-32-19-16-15-18-30(32)26-36-25-28(2)40-27-36;/h15-16,18-21,24-25H,4-14,17,22-23,26-27H2,1-3H3,(H,35,37);1H. The number of anilines is 1. The zero-order valence-corrected chi connectivity index (χ0v) is 28.0. The highest BCUT2D eigenvalue weighted by atomic mass is 79.9. The maximum atomic E-state index is 13.1. The van der Waals surface area contributed by atoms with Gasteiger partial charge < -0.3 is 19.7 Å². The first-order valence-corrected chi connectivity index (χ1v) is 16.3. The van der Waals surface area contributed by atoms with E-state index in [0.717, 1.165) is 47.2 Å². The Balaban J connectivity index is 0.00000588. The van der Waals surface area contributed by atoms with Crippen LogP contribution in [-0.2, 0) is 17.8 Å². The number of hydrogen-bond donors (Lipinski definition) is 1. The molecule has 7 heteroatoms. The number of amides is 1. The second kappa shape index (κ2) is 20.7. The van der Waals surface area contributed by atoms with E-state index in [1.807, 2.05) is 48.2 Å². The molecule has 41 heavy (non-hydrogen) atoms. The van der Waals surface area contributed by atoms with E-state index in [1.165, 1.54) is 75.5 Å². The molecule has 0 radical (unpaired) electrons. The Bertz CT molecular complexity index is 1060. The maximum absolute atomic E-state index is 13.1. The third-order valence-electron chi connectivity index (χ3n) is 7.37. The van der Waals surface area contributed by atoms with E-state index in [2.05, 4.69) is 36.3 Å². The molecule has 0 fully saturated rings. The lowest BCUT2D eigenvalue weighted by molar-refractivity contribution is -0.115. The fraction of sp³-hybridized carbons (Fsp3) is 0.559. The van der Waals surface area contributed by atoms with Crippen LogP contribution in [0.2, 0.25) is 0 Å². The summed E-state index contributed by atoms with van der Waals surface area (Å²) in [4.78, 5) is 16.7. The summed E-state index contributed by atoms with van der Waals surface area (Å²) in [6.45, 7) is 5.83. The van der Waals surface area contributed by atoms with Gasteiger partial charge in [0.25, 0.3) is 0 Å². The van der Waals surface area contributed by atoms with Crippen LogP contribution >= 0.6 is 28.7 Å². The molecule has 2 aromatic rings. The van der Waals surface area contributed by atoms with Gasteiger partial charge in [0, 0.05) is 30.1 Å². The van der Waals surface area contributed by atoms with E-state index in [-0.39, 0.29) is 29.3 Å². The van der Waals surface area contributed by atoms with Gasteiger partial charge in [0.2, 0.25) is 5.91 Å². The first kappa shape index (κ1) is 35.1. The van der Waals surface area contributed by atoms with Crippen molar-refractivity contribution in [3.8, 4) is 11.5 Å². The summed E-state index contributed by atoms with van der Waals surface area (Å²) in [7, 11) is 1.66. The number of para-hydroxylation sites is 1. The third-order valence-corrected chi connectivity index (χ3v) is 8.39. The summed E-state index contributed by atoms with van der Waals surface area (Å²) in [5.74, 6) is 2.38. The van der Waals surface area contributed by atoms with E-state index < -0.39 is 0 Å². The van der Waals surface area contributed by atoms with Crippen molar-refractivity contribution in [3.63, 3.8) is 0 Å². The number of ether oxygens (including phenoxy) is 2.